The summed E-state index contributed by atoms with van der Waals surface area (Å²) in [6.07, 6.45) is 1.04. The van der Waals surface area contributed by atoms with E-state index in [2.05, 4.69) is 5.32 Å². The molecule has 0 heterocycles. The van der Waals surface area contributed by atoms with E-state index in [0.29, 0.717) is 18.7 Å². The van der Waals surface area contributed by atoms with Crippen molar-refractivity contribution < 1.29 is 9.50 Å². The second-order valence-electron chi connectivity index (χ2n) is 3.48. The van der Waals surface area contributed by atoms with Gasteiger partial charge in [0.1, 0.15) is 5.82 Å². The topological polar surface area (TPSA) is 58.3 Å². The van der Waals surface area contributed by atoms with Gasteiger partial charge < -0.3 is 16.2 Å². The van der Waals surface area contributed by atoms with Gasteiger partial charge in [-0.1, -0.05) is 13.0 Å². The highest BCUT2D eigenvalue weighted by Gasteiger charge is 2.04. The number of nitrogens with two attached hydrogens (primary N) is 1. The molecule has 1 rings (SSSR count). The van der Waals surface area contributed by atoms with E-state index in [1.807, 2.05) is 6.92 Å². The Balaban J connectivity index is 2.47. The van der Waals surface area contributed by atoms with Gasteiger partial charge >= 0.3 is 0 Å². The van der Waals surface area contributed by atoms with E-state index in [0.717, 1.165) is 6.42 Å². The lowest BCUT2D eigenvalue weighted by atomic mass is 10.2. The largest absolute Gasteiger partial charge is 0.395 e. The minimum Gasteiger partial charge on any atom is -0.395 e. The molecule has 0 aliphatic heterocycles. The molecule has 0 radical (unpaired) electrons. The standard InChI is InChI=1S/C11H17FN2O/c1-2-8(15)6-7-14-10-5-3-4-9(12)11(10)13/h3-5,8,14-15H,2,6-7,13H2,1H3. The summed E-state index contributed by atoms with van der Waals surface area (Å²) >= 11 is 0. The fourth-order valence-electron chi connectivity index (χ4n) is 1.27. The van der Waals surface area contributed by atoms with Gasteiger partial charge in [0.05, 0.1) is 17.5 Å². The van der Waals surface area contributed by atoms with Crippen molar-refractivity contribution in [3.05, 3.63) is 24.0 Å². The van der Waals surface area contributed by atoms with Crippen molar-refractivity contribution in [2.75, 3.05) is 17.6 Å². The van der Waals surface area contributed by atoms with Crippen LogP contribution in [0.5, 0.6) is 0 Å². The van der Waals surface area contributed by atoms with E-state index < -0.39 is 5.82 Å². The second-order valence-corrected chi connectivity index (χ2v) is 3.48. The zero-order valence-electron chi connectivity index (χ0n) is 8.83. The highest BCUT2D eigenvalue weighted by Crippen LogP contribution is 2.20. The normalized spacial score (nSPS) is 12.5. The van der Waals surface area contributed by atoms with Gasteiger partial charge in [-0.15, -0.1) is 0 Å². The number of aliphatic hydroxyl groups excluding tert-OH is 1. The molecule has 15 heavy (non-hydrogen) atoms. The van der Waals surface area contributed by atoms with Gasteiger partial charge in [0.15, 0.2) is 0 Å². The van der Waals surface area contributed by atoms with Crippen molar-refractivity contribution in [3.63, 3.8) is 0 Å². The third-order valence-electron chi connectivity index (χ3n) is 2.32. The third kappa shape index (κ3) is 3.40. The Bertz CT molecular complexity index is 317. The number of hydrogen-bond donors (Lipinski definition) is 3. The van der Waals surface area contributed by atoms with Crippen molar-refractivity contribution in [3.8, 4) is 0 Å². The van der Waals surface area contributed by atoms with Crippen molar-refractivity contribution >= 4 is 11.4 Å². The number of benzene rings is 1. The predicted octanol–water partition coefficient (Wildman–Crippen LogP) is 1.98. The van der Waals surface area contributed by atoms with Crippen LogP contribution >= 0.6 is 0 Å². The van der Waals surface area contributed by atoms with E-state index in [9.17, 15) is 9.50 Å². The molecule has 0 aromatic heterocycles. The van der Waals surface area contributed by atoms with Crippen LogP contribution in [-0.4, -0.2) is 17.8 Å². The molecule has 1 aromatic carbocycles. The predicted molar refractivity (Wildman–Crippen MR) is 60.2 cm³/mol. The Morgan fingerprint density at radius 2 is 2.27 bits per heavy atom. The fourth-order valence-corrected chi connectivity index (χ4v) is 1.27. The molecular weight excluding hydrogens is 195 g/mol. The minimum absolute atomic E-state index is 0.128. The average molecular weight is 212 g/mol. The van der Waals surface area contributed by atoms with E-state index in [1.165, 1.54) is 6.07 Å². The van der Waals surface area contributed by atoms with Crippen molar-refractivity contribution in [2.24, 2.45) is 0 Å². The van der Waals surface area contributed by atoms with Crippen LogP contribution in [0.1, 0.15) is 19.8 Å². The Labute approximate surface area is 89.1 Å². The van der Waals surface area contributed by atoms with Crippen molar-refractivity contribution in [1.29, 1.82) is 0 Å². The number of nitrogen functional groups attached to an aromatic ring is 1. The SMILES string of the molecule is CCC(O)CCNc1cccc(F)c1N. The van der Waals surface area contributed by atoms with E-state index in [1.54, 1.807) is 12.1 Å². The first-order chi connectivity index (χ1) is 7.15. The first-order valence-electron chi connectivity index (χ1n) is 5.11. The van der Waals surface area contributed by atoms with Crippen LogP contribution in [0.25, 0.3) is 0 Å². The molecule has 0 saturated heterocycles. The van der Waals surface area contributed by atoms with Gasteiger partial charge in [0, 0.05) is 6.54 Å². The minimum atomic E-state index is -0.420. The van der Waals surface area contributed by atoms with Crippen LogP contribution in [0.3, 0.4) is 0 Å². The third-order valence-corrected chi connectivity index (χ3v) is 2.32. The molecule has 0 aliphatic carbocycles. The van der Waals surface area contributed by atoms with E-state index in [4.69, 9.17) is 5.73 Å². The van der Waals surface area contributed by atoms with Crippen LogP contribution in [0, 0.1) is 5.82 Å². The smallest absolute Gasteiger partial charge is 0.148 e. The van der Waals surface area contributed by atoms with Crippen molar-refractivity contribution in [1.82, 2.24) is 0 Å². The molecule has 1 unspecified atom stereocenters. The number of anilines is 2. The van der Waals surface area contributed by atoms with E-state index in [-0.39, 0.29) is 11.8 Å². The molecule has 1 aromatic rings. The lowest BCUT2D eigenvalue weighted by molar-refractivity contribution is 0.164. The number of para-hydroxylation sites is 1. The molecule has 0 amide bonds. The van der Waals surface area contributed by atoms with Crippen LogP contribution < -0.4 is 11.1 Å². The highest BCUT2D eigenvalue weighted by molar-refractivity contribution is 5.66. The molecule has 0 saturated carbocycles. The molecule has 3 nitrogen and oxygen atoms in total. The van der Waals surface area contributed by atoms with Gasteiger partial charge in [0.2, 0.25) is 0 Å². The first-order valence-corrected chi connectivity index (χ1v) is 5.11. The average Bonchev–Trinajstić information content (AvgIpc) is 2.24. The zero-order chi connectivity index (χ0) is 11.3. The summed E-state index contributed by atoms with van der Waals surface area (Å²) in [6, 6.07) is 4.64. The summed E-state index contributed by atoms with van der Waals surface area (Å²) in [5.74, 6) is -0.420. The summed E-state index contributed by atoms with van der Waals surface area (Å²) < 4.78 is 13.0. The summed E-state index contributed by atoms with van der Waals surface area (Å²) in [5.41, 5.74) is 6.24. The van der Waals surface area contributed by atoms with Crippen LogP contribution in [-0.2, 0) is 0 Å². The number of halogens is 1. The Morgan fingerprint density at radius 1 is 1.53 bits per heavy atom. The molecule has 0 bridgehead atoms. The van der Waals surface area contributed by atoms with Gasteiger partial charge in [-0.05, 0) is 25.0 Å². The maximum Gasteiger partial charge on any atom is 0.148 e. The fraction of sp³-hybridized carbons (Fsp3) is 0.455. The maximum absolute atomic E-state index is 13.0. The van der Waals surface area contributed by atoms with Gasteiger partial charge in [0.25, 0.3) is 0 Å². The van der Waals surface area contributed by atoms with Crippen LogP contribution in [0.4, 0.5) is 15.8 Å². The summed E-state index contributed by atoms with van der Waals surface area (Å²) in [6.45, 7) is 2.50. The highest BCUT2D eigenvalue weighted by atomic mass is 19.1. The summed E-state index contributed by atoms with van der Waals surface area (Å²) in [4.78, 5) is 0. The maximum atomic E-state index is 13.0. The van der Waals surface area contributed by atoms with Crippen LogP contribution in [0.15, 0.2) is 18.2 Å². The molecule has 4 heteroatoms. The Kier molecular flexibility index (Phi) is 4.37. The summed E-state index contributed by atoms with van der Waals surface area (Å²) in [5, 5.41) is 12.3. The molecule has 84 valence electrons. The van der Waals surface area contributed by atoms with Gasteiger partial charge in [-0.2, -0.15) is 0 Å². The Hall–Kier alpha value is -1.29. The zero-order valence-corrected chi connectivity index (χ0v) is 8.83. The number of aliphatic hydroxyl groups is 1. The monoisotopic (exact) mass is 212 g/mol. The van der Waals surface area contributed by atoms with Crippen molar-refractivity contribution in [2.45, 2.75) is 25.9 Å². The number of nitrogens with one attached hydrogen (secondary N) is 1. The molecular formula is C11H17FN2O. The van der Waals surface area contributed by atoms with Crippen LogP contribution in [0.2, 0.25) is 0 Å². The molecule has 1 atom stereocenters. The van der Waals surface area contributed by atoms with Gasteiger partial charge in [-0.25, -0.2) is 4.39 Å². The molecule has 0 spiro atoms. The second kappa shape index (κ2) is 5.56. The van der Waals surface area contributed by atoms with E-state index >= 15 is 0 Å². The summed E-state index contributed by atoms with van der Waals surface area (Å²) in [7, 11) is 0. The van der Waals surface area contributed by atoms with Gasteiger partial charge in [-0.3, -0.25) is 0 Å². The molecule has 0 fully saturated rings. The quantitative estimate of drug-likeness (QED) is 0.654. The first kappa shape index (κ1) is 11.8. The number of hydrogen-bond acceptors (Lipinski definition) is 3. The Morgan fingerprint density at radius 3 is 2.93 bits per heavy atom. The lowest BCUT2D eigenvalue weighted by Gasteiger charge is -2.11. The lowest BCUT2D eigenvalue weighted by Crippen LogP contribution is -2.13. The molecule has 0 aliphatic rings. The number of rotatable bonds is 5. The molecule has 4 N–H and O–H groups in total.